The average molecular weight is 344 g/mol. The van der Waals surface area contributed by atoms with Crippen LogP contribution >= 0.6 is 15.9 Å². The van der Waals surface area contributed by atoms with E-state index < -0.39 is 22.5 Å². The number of halogens is 4. The van der Waals surface area contributed by atoms with Crippen LogP contribution in [0.25, 0.3) is 0 Å². The summed E-state index contributed by atoms with van der Waals surface area (Å²) in [6.07, 6.45) is -2.88. The molecule has 7 heteroatoms. The lowest BCUT2D eigenvalue weighted by molar-refractivity contribution is -0.136. The highest BCUT2D eigenvalue weighted by Gasteiger charge is 2.33. The molecule has 2 atom stereocenters. The molecule has 1 aromatic carbocycles. The number of rotatable bonds is 4. The van der Waals surface area contributed by atoms with Gasteiger partial charge in [-0.2, -0.15) is 13.2 Å². The third-order valence-corrected chi connectivity index (χ3v) is 4.23. The van der Waals surface area contributed by atoms with Crippen molar-refractivity contribution in [3.05, 3.63) is 28.2 Å². The maximum Gasteiger partial charge on any atom is 0.418 e. The van der Waals surface area contributed by atoms with Crippen molar-refractivity contribution in [2.24, 2.45) is 0 Å². The second-order valence-corrected chi connectivity index (χ2v) is 6.60. The van der Waals surface area contributed by atoms with Crippen molar-refractivity contribution in [2.75, 3.05) is 18.1 Å². The van der Waals surface area contributed by atoms with Gasteiger partial charge in [-0.25, -0.2) is 0 Å². The van der Waals surface area contributed by atoms with Crippen LogP contribution in [0.1, 0.15) is 12.5 Å². The molecule has 0 fully saturated rings. The van der Waals surface area contributed by atoms with Crippen LogP contribution in [0.4, 0.5) is 18.9 Å². The standard InChI is InChI=1S/C11H13BrF3NOS/c1-7(18(2)17)6-16-10-5-8(12)3-4-9(10)11(13,14)15/h3-5,7,16H,6H2,1-2H3. The van der Waals surface area contributed by atoms with Gasteiger partial charge in [0, 0.05) is 39.0 Å². The Kier molecular flexibility index (Phi) is 5.21. The lowest BCUT2D eigenvalue weighted by atomic mass is 10.1. The second kappa shape index (κ2) is 6.06. The van der Waals surface area contributed by atoms with Crippen molar-refractivity contribution in [1.82, 2.24) is 0 Å². The van der Waals surface area contributed by atoms with E-state index in [4.69, 9.17) is 0 Å². The van der Waals surface area contributed by atoms with Crippen LogP contribution in [-0.2, 0) is 17.0 Å². The van der Waals surface area contributed by atoms with E-state index >= 15 is 0 Å². The van der Waals surface area contributed by atoms with Gasteiger partial charge in [0.15, 0.2) is 0 Å². The summed E-state index contributed by atoms with van der Waals surface area (Å²) in [5, 5.41) is 2.48. The highest BCUT2D eigenvalue weighted by molar-refractivity contribution is 9.10. The van der Waals surface area contributed by atoms with Crippen LogP contribution in [0, 0.1) is 0 Å². The molecule has 0 amide bonds. The van der Waals surface area contributed by atoms with Gasteiger partial charge in [-0.3, -0.25) is 4.21 Å². The molecule has 0 spiro atoms. The lowest BCUT2D eigenvalue weighted by Gasteiger charge is -2.16. The molecule has 0 aliphatic rings. The number of benzene rings is 1. The molecule has 2 unspecified atom stereocenters. The predicted octanol–water partition coefficient (Wildman–Crippen LogP) is 3.65. The first kappa shape index (κ1) is 15.5. The van der Waals surface area contributed by atoms with Gasteiger partial charge in [0.05, 0.1) is 5.56 Å². The summed E-state index contributed by atoms with van der Waals surface area (Å²) < 4.78 is 50.0. The first-order valence-corrected chi connectivity index (χ1v) is 7.56. The predicted molar refractivity (Wildman–Crippen MR) is 71.2 cm³/mol. The van der Waals surface area contributed by atoms with Crippen LogP contribution in [0.3, 0.4) is 0 Å². The molecule has 0 aliphatic heterocycles. The van der Waals surface area contributed by atoms with Crippen LogP contribution in [0.15, 0.2) is 22.7 Å². The number of anilines is 1. The Hall–Kier alpha value is -0.560. The Morgan fingerprint density at radius 3 is 2.56 bits per heavy atom. The fourth-order valence-corrected chi connectivity index (χ4v) is 1.96. The van der Waals surface area contributed by atoms with Crippen molar-refractivity contribution in [2.45, 2.75) is 18.3 Å². The van der Waals surface area contributed by atoms with Gasteiger partial charge in [0.2, 0.25) is 0 Å². The van der Waals surface area contributed by atoms with Gasteiger partial charge >= 0.3 is 6.18 Å². The number of nitrogens with one attached hydrogen (secondary N) is 1. The Bertz CT molecular complexity index is 450. The Morgan fingerprint density at radius 2 is 2.06 bits per heavy atom. The summed E-state index contributed by atoms with van der Waals surface area (Å²) in [5.41, 5.74) is -0.728. The zero-order valence-corrected chi connectivity index (χ0v) is 12.2. The molecular formula is C11H13BrF3NOS. The normalized spacial score (nSPS) is 15.2. The van der Waals surface area contributed by atoms with E-state index in [1.807, 2.05) is 0 Å². The number of hydrogen-bond donors (Lipinski definition) is 1. The van der Waals surface area contributed by atoms with Gasteiger partial charge in [-0.05, 0) is 25.1 Å². The molecule has 2 nitrogen and oxygen atoms in total. The molecule has 1 N–H and O–H groups in total. The first-order valence-electron chi connectivity index (χ1n) is 5.14. The summed E-state index contributed by atoms with van der Waals surface area (Å²) in [6.45, 7) is 1.94. The maximum absolute atomic E-state index is 12.7. The van der Waals surface area contributed by atoms with Crippen molar-refractivity contribution in [1.29, 1.82) is 0 Å². The Morgan fingerprint density at radius 1 is 1.44 bits per heavy atom. The molecule has 0 bridgehead atoms. The van der Waals surface area contributed by atoms with Crippen molar-refractivity contribution in [3.8, 4) is 0 Å². The molecule has 0 heterocycles. The molecule has 0 aliphatic carbocycles. The molecule has 102 valence electrons. The quantitative estimate of drug-likeness (QED) is 0.904. The topological polar surface area (TPSA) is 29.1 Å². The minimum absolute atomic E-state index is 0.00539. The number of alkyl halides is 3. The van der Waals surface area contributed by atoms with Gasteiger partial charge in [-0.1, -0.05) is 15.9 Å². The minimum Gasteiger partial charge on any atom is -0.383 e. The van der Waals surface area contributed by atoms with Gasteiger partial charge in [0.1, 0.15) is 0 Å². The summed E-state index contributed by atoms with van der Waals surface area (Å²) in [5.74, 6) is 0. The molecule has 18 heavy (non-hydrogen) atoms. The van der Waals surface area contributed by atoms with E-state index in [9.17, 15) is 17.4 Å². The van der Waals surface area contributed by atoms with E-state index in [2.05, 4.69) is 21.2 Å². The van der Waals surface area contributed by atoms with Crippen LogP contribution < -0.4 is 5.32 Å². The van der Waals surface area contributed by atoms with Crippen LogP contribution in [0.2, 0.25) is 0 Å². The molecule has 1 aromatic rings. The summed E-state index contributed by atoms with van der Waals surface area (Å²) >= 11 is 3.13. The Labute approximate surface area is 115 Å². The van der Waals surface area contributed by atoms with Gasteiger partial charge in [0.25, 0.3) is 0 Å². The van der Waals surface area contributed by atoms with Crippen LogP contribution in [-0.4, -0.2) is 22.3 Å². The molecule has 0 saturated carbocycles. The SMILES string of the molecule is CC(CNc1cc(Br)ccc1C(F)(F)F)S(C)=O. The second-order valence-electron chi connectivity index (χ2n) is 3.88. The zero-order valence-electron chi connectivity index (χ0n) is 9.84. The van der Waals surface area contributed by atoms with Crippen LogP contribution in [0.5, 0.6) is 0 Å². The molecule has 0 saturated heterocycles. The van der Waals surface area contributed by atoms with Crippen molar-refractivity contribution < 1.29 is 17.4 Å². The highest BCUT2D eigenvalue weighted by Crippen LogP contribution is 2.36. The van der Waals surface area contributed by atoms with E-state index in [1.54, 1.807) is 6.92 Å². The fourth-order valence-electron chi connectivity index (χ4n) is 1.28. The summed E-state index contributed by atoms with van der Waals surface area (Å²) in [6, 6.07) is 3.73. The largest absolute Gasteiger partial charge is 0.418 e. The Balaban J connectivity index is 2.93. The number of hydrogen-bond acceptors (Lipinski definition) is 2. The molecule has 0 aromatic heterocycles. The molecular weight excluding hydrogens is 331 g/mol. The maximum atomic E-state index is 12.7. The smallest absolute Gasteiger partial charge is 0.383 e. The lowest BCUT2D eigenvalue weighted by Crippen LogP contribution is -2.22. The van der Waals surface area contributed by atoms with Gasteiger partial charge in [-0.15, -0.1) is 0 Å². The third kappa shape index (κ3) is 4.28. The molecule has 0 radical (unpaired) electrons. The van der Waals surface area contributed by atoms with Crippen molar-refractivity contribution in [3.63, 3.8) is 0 Å². The minimum atomic E-state index is -4.41. The highest BCUT2D eigenvalue weighted by atomic mass is 79.9. The molecule has 1 rings (SSSR count). The van der Waals surface area contributed by atoms with E-state index in [0.717, 1.165) is 6.07 Å². The van der Waals surface area contributed by atoms with Gasteiger partial charge < -0.3 is 5.32 Å². The summed E-state index contributed by atoms with van der Waals surface area (Å²) in [4.78, 5) is 0. The average Bonchev–Trinajstić information content (AvgIpc) is 2.23. The van der Waals surface area contributed by atoms with Crippen molar-refractivity contribution >= 4 is 32.4 Å². The van der Waals surface area contributed by atoms with E-state index in [0.29, 0.717) is 4.47 Å². The first-order chi connectivity index (χ1) is 8.21. The van der Waals surface area contributed by atoms with E-state index in [1.165, 1.54) is 18.4 Å². The van der Waals surface area contributed by atoms with E-state index in [-0.39, 0.29) is 17.5 Å². The summed E-state index contributed by atoms with van der Waals surface area (Å²) in [7, 11) is -1.07. The monoisotopic (exact) mass is 343 g/mol. The zero-order chi connectivity index (χ0) is 13.9. The third-order valence-electron chi connectivity index (χ3n) is 2.43. The fraction of sp³-hybridized carbons (Fsp3) is 0.455.